The summed E-state index contributed by atoms with van der Waals surface area (Å²) in [5.74, 6) is 1.07. The van der Waals surface area contributed by atoms with Crippen LogP contribution in [0, 0.1) is 17.3 Å². The molecule has 0 spiro atoms. The van der Waals surface area contributed by atoms with Gasteiger partial charge in [0.2, 0.25) is 0 Å². The summed E-state index contributed by atoms with van der Waals surface area (Å²) >= 11 is 0. The number of fused-ring (bicyclic) bond motifs is 1. The zero-order valence-electron chi connectivity index (χ0n) is 11.0. The maximum Gasteiger partial charge on any atom is 0.0620 e. The molecule has 1 saturated carbocycles. The van der Waals surface area contributed by atoms with Crippen LogP contribution < -0.4 is 0 Å². The van der Waals surface area contributed by atoms with Gasteiger partial charge in [-0.15, -0.1) is 0 Å². The van der Waals surface area contributed by atoms with Gasteiger partial charge in [-0.25, -0.2) is 0 Å². The van der Waals surface area contributed by atoms with Crippen LogP contribution in [0.4, 0.5) is 0 Å². The number of aliphatic hydroxyl groups is 1. The van der Waals surface area contributed by atoms with Crippen molar-refractivity contribution in [2.24, 2.45) is 17.3 Å². The molecule has 1 fully saturated rings. The standard InChI is InChI=1S/C15H24O/c1-11-6-5-8-15(4)9-7-12(10-13(11)15)14(2,3)16/h5-6,8,12-13,16H,7,9-10H2,1-4H3/t12-,13?,15-/m1/s1. The van der Waals surface area contributed by atoms with E-state index in [1.165, 1.54) is 12.0 Å². The van der Waals surface area contributed by atoms with Crippen LogP contribution >= 0.6 is 0 Å². The van der Waals surface area contributed by atoms with E-state index in [9.17, 15) is 5.11 Å². The van der Waals surface area contributed by atoms with Crippen LogP contribution in [-0.2, 0) is 0 Å². The van der Waals surface area contributed by atoms with Crippen LogP contribution in [0.3, 0.4) is 0 Å². The van der Waals surface area contributed by atoms with E-state index in [2.05, 4.69) is 32.1 Å². The van der Waals surface area contributed by atoms with E-state index in [-0.39, 0.29) is 0 Å². The molecule has 0 aliphatic heterocycles. The number of hydrogen-bond donors (Lipinski definition) is 1. The average molecular weight is 220 g/mol. The zero-order chi connectivity index (χ0) is 12.0. The molecular weight excluding hydrogens is 196 g/mol. The molecule has 2 aliphatic rings. The second-order valence-corrected chi connectivity index (χ2v) is 6.45. The normalized spacial score (nSPS) is 39.2. The molecule has 0 radical (unpaired) electrons. The third-order valence-electron chi connectivity index (χ3n) is 4.73. The van der Waals surface area contributed by atoms with Crippen LogP contribution in [0.15, 0.2) is 23.8 Å². The molecule has 0 aromatic carbocycles. The van der Waals surface area contributed by atoms with Crippen molar-refractivity contribution in [1.82, 2.24) is 0 Å². The van der Waals surface area contributed by atoms with Crippen molar-refractivity contribution >= 4 is 0 Å². The van der Waals surface area contributed by atoms with Crippen molar-refractivity contribution in [1.29, 1.82) is 0 Å². The van der Waals surface area contributed by atoms with E-state index in [0.29, 0.717) is 17.3 Å². The predicted octanol–water partition coefficient (Wildman–Crippen LogP) is 3.70. The lowest BCUT2D eigenvalue weighted by Gasteiger charge is -2.47. The molecule has 1 nitrogen and oxygen atoms in total. The van der Waals surface area contributed by atoms with Gasteiger partial charge in [-0.2, -0.15) is 0 Å². The molecule has 0 aromatic heterocycles. The Bertz CT molecular complexity index is 332. The summed E-state index contributed by atoms with van der Waals surface area (Å²) in [6.45, 7) is 8.51. The van der Waals surface area contributed by atoms with Gasteiger partial charge < -0.3 is 5.11 Å². The molecule has 0 bridgehead atoms. The van der Waals surface area contributed by atoms with Crippen molar-refractivity contribution in [3.63, 3.8) is 0 Å². The Balaban J connectivity index is 2.21. The number of rotatable bonds is 1. The van der Waals surface area contributed by atoms with E-state index in [0.717, 1.165) is 12.8 Å². The Morgan fingerprint density at radius 3 is 2.75 bits per heavy atom. The second kappa shape index (κ2) is 3.73. The zero-order valence-corrected chi connectivity index (χ0v) is 11.0. The Hall–Kier alpha value is -0.560. The quantitative estimate of drug-likeness (QED) is 0.714. The molecule has 0 saturated heterocycles. The number of hydrogen-bond acceptors (Lipinski definition) is 1. The maximum atomic E-state index is 10.2. The largest absolute Gasteiger partial charge is 0.390 e. The lowest BCUT2D eigenvalue weighted by Crippen LogP contribution is -2.42. The van der Waals surface area contributed by atoms with Crippen LogP contribution in [0.1, 0.15) is 47.0 Å². The molecule has 90 valence electrons. The molecule has 2 aliphatic carbocycles. The third-order valence-corrected chi connectivity index (χ3v) is 4.73. The minimum absolute atomic E-state index is 0.334. The molecule has 1 heteroatoms. The van der Waals surface area contributed by atoms with Crippen molar-refractivity contribution in [3.05, 3.63) is 23.8 Å². The Kier molecular flexibility index (Phi) is 2.78. The molecule has 3 atom stereocenters. The van der Waals surface area contributed by atoms with Gasteiger partial charge in [0.25, 0.3) is 0 Å². The van der Waals surface area contributed by atoms with E-state index in [1.54, 1.807) is 0 Å². The smallest absolute Gasteiger partial charge is 0.0620 e. The Labute approximate surface area is 99.3 Å². The minimum Gasteiger partial charge on any atom is -0.390 e. The molecule has 0 amide bonds. The van der Waals surface area contributed by atoms with Gasteiger partial charge in [-0.3, -0.25) is 0 Å². The van der Waals surface area contributed by atoms with Gasteiger partial charge in [0.1, 0.15) is 0 Å². The minimum atomic E-state index is -0.525. The van der Waals surface area contributed by atoms with Crippen LogP contribution in [0.2, 0.25) is 0 Å². The van der Waals surface area contributed by atoms with Gasteiger partial charge in [0, 0.05) is 0 Å². The first kappa shape index (κ1) is 11.9. The fourth-order valence-corrected chi connectivity index (χ4v) is 3.41. The van der Waals surface area contributed by atoms with Crippen LogP contribution in [0.25, 0.3) is 0 Å². The first-order chi connectivity index (χ1) is 7.33. The highest BCUT2D eigenvalue weighted by Crippen LogP contribution is 2.51. The van der Waals surface area contributed by atoms with Gasteiger partial charge >= 0.3 is 0 Å². The second-order valence-electron chi connectivity index (χ2n) is 6.45. The topological polar surface area (TPSA) is 20.2 Å². The van der Waals surface area contributed by atoms with Crippen molar-refractivity contribution < 1.29 is 5.11 Å². The summed E-state index contributed by atoms with van der Waals surface area (Å²) in [6, 6.07) is 0. The molecule has 1 N–H and O–H groups in total. The summed E-state index contributed by atoms with van der Waals surface area (Å²) in [5.41, 5.74) is 1.29. The Morgan fingerprint density at radius 2 is 2.12 bits per heavy atom. The van der Waals surface area contributed by atoms with Gasteiger partial charge in [0.05, 0.1) is 5.60 Å². The molecule has 2 rings (SSSR count). The van der Waals surface area contributed by atoms with Crippen molar-refractivity contribution in [2.75, 3.05) is 0 Å². The maximum absolute atomic E-state index is 10.2. The first-order valence-electron chi connectivity index (χ1n) is 6.41. The predicted molar refractivity (Wildman–Crippen MR) is 68.1 cm³/mol. The molecule has 1 unspecified atom stereocenters. The van der Waals surface area contributed by atoms with E-state index >= 15 is 0 Å². The third kappa shape index (κ3) is 1.98. The number of allylic oxidation sites excluding steroid dienone is 4. The Morgan fingerprint density at radius 1 is 1.44 bits per heavy atom. The SMILES string of the molecule is CC1=CC=C[C@]2(C)CC[C@@H](C(C)(C)O)CC12. The fourth-order valence-electron chi connectivity index (χ4n) is 3.41. The lowest BCUT2D eigenvalue weighted by atomic mass is 9.58. The highest BCUT2D eigenvalue weighted by molar-refractivity contribution is 5.26. The molecule has 0 heterocycles. The lowest BCUT2D eigenvalue weighted by molar-refractivity contribution is -0.0249. The van der Waals surface area contributed by atoms with E-state index in [4.69, 9.17) is 0 Å². The summed E-state index contributed by atoms with van der Waals surface area (Å²) in [5, 5.41) is 10.2. The van der Waals surface area contributed by atoms with E-state index < -0.39 is 5.60 Å². The average Bonchev–Trinajstić information content (AvgIpc) is 2.15. The summed E-state index contributed by atoms with van der Waals surface area (Å²) in [6.07, 6.45) is 10.3. The van der Waals surface area contributed by atoms with Crippen LogP contribution in [-0.4, -0.2) is 10.7 Å². The van der Waals surface area contributed by atoms with Crippen LogP contribution in [0.5, 0.6) is 0 Å². The van der Waals surface area contributed by atoms with Gasteiger partial charge in [-0.05, 0) is 57.3 Å². The van der Waals surface area contributed by atoms with Crippen molar-refractivity contribution in [2.45, 2.75) is 52.6 Å². The summed E-state index contributed by atoms with van der Waals surface area (Å²) in [7, 11) is 0. The fraction of sp³-hybridized carbons (Fsp3) is 0.733. The molecular formula is C15H24O. The highest BCUT2D eigenvalue weighted by atomic mass is 16.3. The summed E-state index contributed by atoms with van der Waals surface area (Å²) in [4.78, 5) is 0. The van der Waals surface area contributed by atoms with Gasteiger partial charge in [0.15, 0.2) is 0 Å². The molecule has 16 heavy (non-hydrogen) atoms. The monoisotopic (exact) mass is 220 g/mol. The van der Waals surface area contributed by atoms with Crippen molar-refractivity contribution in [3.8, 4) is 0 Å². The van der Waals surface area contributed by atoms with Gasteiger partial charge in [-0.1, -0.05) is 30.7 Å². The first-order valence-corrected chi connectivity index (χ1v) is 6.41. The van der Waals surface area contributed by atoms with E-state index in [1.807, 2.05) is 13.8 Å². The summed E-state index contributed by atoms with van der Waals surface area (Å²) < 4.78 is 0. The molecule has 0 aromatic rings. The highest BCUT2D eigenvalue weighted by Gasteiger charge is 2.43.